The Morgan fingerprint density at radius 1 is 1.43 bits per heavy atom. The van der Waals surface area contributed by atoms with Crippen LogP contribution < -0.4 is 5.32 Å². The van der Waals surface area contributed by atoms with E-state index >= 15 is 0 Å². The molecular weight excluding hydrogens is 334 g/mol. The summed E-state index contributed by atoms with van der Waals surface area (Å²) < 4.78 is 0.610. The van der Waals surface area contributed by atoms with E-state index in [4.69, 9.17) is 0 Å². The molecule has 1 saturated heterocycles. The molecule has 0 unspecified atom stereocenters. The lowest BCUT2D eigenvalue weighted by atomic mass is 9.97. The van der Waals surface area contributed by atoms with Crippen molar-refractivity contribution in [2.75, 3.05) is 26.2 Å². The van der Waals surface area contributed by atoms with Gasteiger partial charge in [0.2, 0.25) is 0 Å². The second kappa shape index (κ2) is 7.87. The maximum atomic E-state index is 11.0. The Labute approximate surface area is 134 Å². The van der Waals surface area contributed by atoms with E-state index in [-0.39, 0.29) is 10.6 Å². The van der Waals surface area contributed by atoms with Crippen molar-refractivity contribution < 1.29 is 4.92 Å². The molecule has 0 aliphatic carbocycles. The summed E-state index contributed by atoms with van der Waals surface area (Å²) in [4.78, 5) is 13.0. The summed E-state index contributed by atoms with van der Waals surface area (Å²) in [6.45, 7) is 7.12. The largest absolute Gasteiger partial charge is 0.317 e. The van der Waals surface area contributed by atoms with Crippen LogP contribution in [0.5, 0.6) is 0 Å². The Morgan fingerprint density at radius 2 is 2.14 bits per heavy atom. The number of hydrogen-bond acceptors (Lipinski definition) is 4. The summed E-state index contributed by atoms with van der Waals surface area (Å²) in [5.74, 6) is 0.726. The van der Waals surface area contributed by atoms with Gasteiger partial charge in [0.1, 0.15) is 0 Å². The zero-order valence-corrected chi connectivity index (χ0v) is 13.9. The van der Waals surface area contributed by atoms with Crippen molar-refractivity contribution in [1.29, 1.82) is 0 Å². The Bertz CT molecular complexity index is 490. The average Bonchev–Trinajstić information content (AvgIpc) is 2.49. The number of rotatable bonds is 6. The van der Waals surface area contributed by atoms with E-state index in [0.717, 1.165) is 44.2 Å². The molecule has 1 N–H and O–H groups in total. The Morgan fingerprint density at radius 3 is 2.76 bits per heavy atom. The average molecular weight is 356 g/mol. The van der Waals surface area contributed by atoms with Crippen molar-refractivity contribution in [1.82, 2.24) is 10.2 Å². The molecule has 116 valence electrons. The third-order valence-corrected chi connectivity index (χ3v) is 4.99. The highest BCUT2D eigenvalue weighted by atomic mass is 79.9. The molecule has 1 fully saturated rings. The number of halogens is 1. The molecule has 0 aromatic heterocycles. The fourth-order valence-corrected chi connectivity index (χ4v) is 3.34. The molecule has 0 amide bonds. The lowest BCUT2D eigenvalue weighted by molar-refractivity contribution is -0.385. The topological polar surface area (TPSA) is 58.4 Å². The summed E-state index contributed by atoms with van der Waals surface area (Å²) >= 11 is 3.39. The highest BCUT2D eigenvalue weighted by Crippen LogP contribution is 2.29. The van der Waals surface area contributed by atoms with Gasteiger partial charge in [-0.15, -0.1) is 0 Å². The van der Waals surface area contributed by atoms with Crippen LogP contribution in [0.15, 0.2) is 22.7 Å². The van der Waals surface area contributed by atoms with Crippen LogP contribution in [0.3, 0.4) is 0 Å². The molecule has 2 rings (SSSR count). The monoisotopic (exact) mass is 355 g/mol. The summed E-state index contributed by atoms with van der Waals surface area (Å²) in [5, 5.41) is 14.4. The Balaban J connectivity index is 2.04. The predicted molar refractivity (Wildman–Crippen MR) is 87.3 cm³/mol. The van der Waals surface area contributed by atoms with E-state index in [1.807, 2.05) is 6.07 Å². The van der Waals surface area contributed by atoms with Crippen molar-refractivity contribution >= 4 is 21.6 Å². The van der Waals surface area contributed by atoms with Crippen LogP contribution in [-0.4, -0.2) is 36.0 Å². The van der Waals surface area contributed by atoms with Gasteiger partial charge in [-0.3, -0.25) is 15.0 Å². The number of benzene rings is 1. The lowest BCUT2D eigenvalue weighted by Crippen LogP contribution is -2.36. The molecule has 1 aromatic carbocycles. The van der Waals surface area contributed by atoms with E-state index in [1.165, 1.54) is 18.9 Å². The molecule has 5 nitrogen and oxygen atoms in total. The van der Waals surface area contributed by atoms with E-state index in [9.17, 15) is 10.1 Å². The molecule has 1 aliphatic rings. The quantitative estimate of drug-likeness (QED) is 0.628. The van der Waals surface area contributed by atoms with Crippen LogP contribution in [0.25, 0.3) is 0 Å². The van der Waals surface area contributed by atoms with Gasteiger partial charge in [0.05, 0.1) is 9.40 Å². The molecule has 1 aliphatic heterocycles. The number of hydrogen-bond donors (Lipinski definition) is 1. The molecular formula is C15H22BrN3O2. The van der Waals surface area contributed by atoms with Gasteiger partial charge >= 0.3 is 0 Å². The first kappa shape index (κ1) is 16.4. The molecule has 0 spiro atoms. The third kappa shape index (κ3) is 4.49. The van der Waals surface area contributed by atoms with Gasteiger partial charge in [-0.1, -0.05) is 19.1 Å². The van der Waals surface area contributed by atoms with Crippen molar-refractivity contribution in [3.8, 4) is 0 Å². The molecule has 0 saturated carbocycles. The van der Waals surface area contributed by atoms with Crippen molar-refractivity contribution in [3.05, 3.63) is 38.3 Å². The Hall–Kier alpha value is -0.980. The minimum absolute atomic E-state index is 0.144. The van der Waals surface area contributed by atoms with Crippen LogP contribution in [0.1, 0.15) is 25.3 Å². The van der Waals surface area contributed by atoms with Gasteiger partial charge in [-0.25, -0.2) is 0 Å². The zero-order chi connectivity index (χ0) is 15.2. The molecule has 21 heavy (non-hydrogen) atoms. The fourth-order valence-electron chi connectivity index (χ4n) is 2.81. The number of piperidine rings is 1. The summed E-state index contributed by atoms with van der Waals surface area (Å²) in [6.07, 6.45) is 2.43. The van der Waals surface area contributed by atoms with Crippen LogP contribution in [0.4, 0.5) is 5.69 Å². The lowest BCUT2D eigenvalue weighted by Gasteiger charge is -2.29. The molecule has 0 atom stereocenters. The normalized spacial score (nSPS) is 16.3. The SMILES string of the molecule is CCN(Cc1cccc([N+](=O)[O-])c1Br)CC1CCNCC1. The number of nitrogens with zero attached hydrogens (tertiary/aromatic N) is 2. The molecule has 1 heterocycles. The number of nitro benzene ring substituents is 1. The number of nitro groups is 1. The van der Waals surface area contributed by atoms with Crippen molar-refractivity contribution in [3.63, 3.8) is 0 Å². The van der Waals surface area contributed by atoms with Crippen LogP contribution in [-0.2, 0) is 6.54 Å². The van der Waals surface area contributed by atoms with Gasteiger partial charge in [0.15, 0.2) is 0 Å². The molecule has 1 aromatic rings. The third-order valence-electron chi connectivity index (χ3n) is 4.07. The van der Waals surface area contributed by atoms with Gasteiger partial charge < -0.3 is 5.32 Å². The standard InChI is InChI=1S/C15H22BrN3O2/c1-2-18(10-12-6-8-17-9-7-12)11-13-4-3-5-14(15(13)16)19(20)21/h3-5,12,17H,2,6-11H2,1H3. The maximum Gasteiger partial charge on any atom is 0.283 e. The van der Waals surface area contributed by atoms with Crippen LogP contribution >= 0.6 is 15.9 Å². The van der Waals surface area contributed by atoms with Gasteiger partial charge in [-0.2, -0.15) is 0 Å². The molecule has 0 bridgehead atoms. The highest BCUT2D eigenvalue weighted by molar-refractivity contribution is 9.10. The van der Waals surface area contributed by atoms with E-state index in [1.54, 1.807) is 6.07 Å². The van der Waals surface area contributed by atoms with Crippen molar-refractivity contribution in [2.24, 2.45) is 5.92 Å². The minimum Gasteiger partial charge on any atom is -0.317 e. The van der Waals surface area contributed by atoms with Gasteiger partial charge in [0, 0.05) is 19.2 Å². The first-order valence-corrected chi connectivity index (χ1v) is 8.26. The first-order valence-electron chi connectivity index (χ1n) is 7.46. The summed E-state index contributed by atoms with van der Waals surface area (Å²) in [5.41, 5.74) is 1.13. The zero-order valence-electron chi connectivity index (χ0n) is 12.3. The summed E-state index contributed by atoms with van der Waals surface area (Å²) in [7, 11) is 0. The van der Waals surface area contributed by atoms with E-state index in [0.29, 0.717) is 4.47 Å². The minimum atomic E-state index is -0.337. The number of nitrogens with one attached hydrogen (secondary N) is 1. The van der Waals surface area contributed by atoms with Crippen LogP contribution in [0.2, 0.25) is 0 Å². The molecule has 0 radical (unpaired) electrons. The summed E-state index contributed by atoms with van der Waals surface area (Å²) in [6, 6.07) is 5.26. The van der Waals surface area contributed by atoms with Crippen molar-refractivity contribution in [2.45, 2.75) is 26.3 Å². The molecule has 6 heteroatoms. The second-order valence-electron chi connectivity index (χ2n) is 5.53. The smallest absolute Gasteiger partial charge is 0.283 e. The fraction of sp³-hybridized carbons (Fsp3) is 0.600. The van der Waals surface area contributed by atoms with Crippen LogP contribution in [0, 0.1) is 16.0 Å². The van der Waals surface area contributed by atoms with Gasteiger partial charge in [0.25, 0.3) is 5.69 Å². The Kier molecular flexibility index (Phi) is 6.14. The van der Waals surface area contributed by atoms with E-state index < -0.39 is 0 Å². The highest BCUT2D eigenvalue weighted by Gasteiger charge is 2.19. The predicted octanol–water partition coefficient (Wildman–Crippen LogP) is 3.18. The maximum absolute atomic E-state index is 11.0. The first-order chi connectivity index (χ1) is 10.1. The second-order valence-corrected chi connectivity index (χ2v) is 6.32. The van der Waals surface area contributed by atoms with E-state index in [2.05, 4.69) is 33.1 Å². The van der Waals surface area contributed by atoms with Gasteiger partial charge in [-0.05, 0) is 59.9 Å².